The van der Waals surface area contributed by atoms with E-state index in [1.165, 1.54) is 25.1 Å². The van der Waals surface area contributed by atoms with Crippen molar-refractivity contribution in [3.63, 3.8) is 0 Å². The van der Waals surface area contributed by atoms with E-state index in [9.17, 15) is 24.6 Å². The van der Waals surface area contributed by atoms with Gasteiger partial charge in [-0.3, -0.25) is 14.6 Å². The van der Waals surface area contributed by atoms with Gasteiger partial charge in [-0.2, -0.15) is 0 Å². The number of nitrogens with one attached hydrogen (secondary N) is 4. The second-order valence-corrected chi connectivity index (χ2v) is 8.38. The van der Waals surface area contributed by atoms with E-state index in [1.807, 2.05) is 30.3 Å². The number of carboxylic acid groups (broad SMARTS) is 1. The molecule has 192 valence electrons. The Bertz CT molecular complexity index is 1110. The first kappa shape index (κ1) is 26.3. The summed E-state index contributed by atoms with van der Waals surface area (Å²) in [6, 6.07) is 13.3. The number of nitrogens with zero attached hydrogens (tertiary/aromatic N) is 1. The molecule has 0 aliphatic carbocycles. The summed E-state index contributed by atoms with van der Waals surface area (Å²) >= 11 is 0. The molecule has 2 aromatic carbocycles. The van der Waals surface area contributed by atoms with Crippen LogP contribution in [0, 0.1) is 0 Å². The molecule has 0 spiro atoms. The lowest BCUT2D eigenvalue weighted by Gasteiger charge is -2.27. The van der Waals surface area contributed by atoms with Crippen LogP contribution in [-0.2, 0) is 16.0 Å². The summed E-state index contributed by atoms with van der Waals surface area (Å²) in [6.07, 6.45) is 1.45. The predicted molar refractivity (Wildman–Crippen MR) is 133 cm³/mol. The molecule has 1 atom stereocenters. The first-order chi connectivity index (χ1) is 17.3. The summed E-state index contributed by atoms with van der Waals surface area (Å²) in [5.74, 6) is -2.20. The lowest BCUT2D eigenvalue weighted by atomic mass is 10.1. The van der Waals surface area contributed by atoms with Gasteiger partial charge in [0.25, 0.3) is 5.91 Å². The molecule has 2 amide bonds. The minimum absolute atomic E-state index is 0.0400. The van der Waals surface area contributed by atoms with E-state index in [2.05, 4.69) is 26.3 Å². The van der Waals surface area contributed by atoms with Gasteiger partial charge in [-0.05, 0) is 37.5 Å². The van der Waals surface area contributed by atoms with Gasteiger partial charge < -0.3 is 36.2 Å². The van der Waals surface area contributed by atoms with Gasteiger partial charge in [-0.25, -0.2) is 4.79 Å². The number of benzene rings is 2. The van der Waals surface area contributed by atoms with Gasteiger partial charge in [0.1, 0.15) is 18.1 Å². The molecule has 0 fully saturated rings. The maximum atomic E-state index is 12.7. The topological polar surface area (TPSA) is 161 Å². The van der Waals surface area contributed by atoms with E-state index in [4.69, 9.17) is 4.74 Å². The molecular formula is C25H31N5O6. The Balaban J connectivity index is 1.53. The van der Waals surface area contributed by atoms with Crippen molar-refractivity contribution in [3.8, 4) is 11.5 Å². The highest BCUT2D eigenvalue weighted by Gasteiger charge is 2.37. The summed E-state index contributed by atoms with van der Waals surface area (Å²) in [6.45, 7) is 3.57. The number of ether oxygens (including phenoxy) is 1. The molecule has 11 nitrogen and oxygen atoms in total. The molecule has 0 radical (unpaired) electrons. The minimum atomic E-state index is -2.08. The van der Waals surface area contributed by atoms with E-state index >= 15 is 0 Å². The quantitative estimate of drug-likeness (QED) is 0.198. The largest absolute Gasteiger partial charge is 0.507 e. The highest BCUT2D eigenvalue weighted by atomic mass is 16.5. The molecule has 1 aliphatic heterocycles. The van der Waals surface area contributed by atoms with Crippen LogP contribution in [0.2, 0.25) is 0 Å². The molecule has 1 unspecified atom stereocenters. The summed E-state index contributed by atoms with van der Waals surface area (Å²) in [5, 5.41) is 30.9. The van der Waals surface area contributed by atoms with E-state index in [0.29, 0.717) is 24.7 Å². The predicted octanol–water partition coefficient (Wildman–Crippen LogP) is 0.990. The van der Waals surface area contributed by atoms with Crippen LogP contribution in [-0.4, -0.2) is 65.9 Å². The summed E-state index contributed by atoms with van der Waals surface area (Å²) in [4.78, 5) is 41.3. The Morgan fingerprint density at radius 2 is 1.92 bits per heavy atom. The molecule has 36 heavy (non-hydrogen) atoms. The Labute approximate surface area is 209 Å². The molecule has 11 heteroatoms. The van der Waals surface area contributed by atoms with Gasteiger partial charge in [-0.1, -0.05) is 30.3 Å². The van der Waals surface area contributed by atoms with Crippen molar-refractivity contribution in [1.82, 2.24) is 21.3 Å². The number of aromatic hydroxyl groups is 1. The van der Waals surface area contributed by atoms with E-state index in [-0.39, 0.29) is 24.3 Å². The first-order valence-electron chi connectivity index (χ1n) is 11.7. The number of phenolic OH excluding ortho intramolecular Hbond substituents is 1. The highest BCUT2D eigenvalue weighted by molar-refractivity contribution is 6.00. The smallest absolute Gasteiger partial charge is 0.350 e. The lowest BCUT2D eigenvalue weighted by molar-refractivity contribution is -0.148. The second kappa shape index (κ2) is 12.4. The van der Waals surface area contributed by atoms with Gasteiger partial charge in [0.2, 0.25) is 11.6 Å². The number of hydrogen-bond donors (Lipinski definition) is 6. The molecule has 2 aromatic rings. The molecule has 6 N–H and O–H groups in total. The van der Waals surface area contributed by atoms with Gasteiger partial charge in [-0.15, -0.1) is 0 Å². The van der Waals surface area contributed by atoms with Crippen molar-refractivity contribution in [3.05, 3.63) is 59.7 Å². The third kappa shape index (κ3) is 7.62. The Morgan fingerprint density at radius 3 is 2.58 bits per heavy atom. The van der Waals surface area contributed by atoms with Crippen LogP contribution in [0.5, 0.6) is 11.5 Å². The van der Waals surface area contributed by atoms with Crippen LogP contribution < -0.4 is 26.0 Å². The maximum Gasteiger partial charge on any atom is 0.350 e. The number of amides is 2. The van der Waals surface area contributed by atoms with Crippen LogP contribution in [0.15, 0.2) is 53.5 Å². The Hall–Kier alpha value is -4.28. The SMILES string of the molecule is CC(NC(=O)CCc1ccccc1)(NC(=O)c1ccc(OCCNC2=NCCCN2)cc1O)C(=O)O. The number of hydrogen-bond acceptors (Lipinski definition) is 8. The summed E-state index contributed by atoms with van der Waals surface area (Å²) in [7, 11) is 0. The number of rotatable bonds is 11. The first-order valence-corrected chi connectivity index (χ1v) is 11.7. The Morgan fingerprint density at radius 1 is 1.14 bits per heavy atom. The van der Waals surface area contributed by atoms with Gasteiger partial charge in [0, 0.05) is 25.6 Å². The van der Waals surface area contributed by atoms with Crippen molar-refractivity contribution in [1.29, 1.82) is 0 Å². The van der Waals surface area contributed by atoms with E-state index in [1.54, 1.807) is 0 Å². The van der Waals surface area contributed by atoms with Crippen LogP contribution in [0.4, 0.5) is 0 Å². The van der Waals surface area contributed by atoms with E-state index in [0.717, 1.165) is 25.1 Å². The number of aryl methyl sites for hydroxylation is 1. The average Bonchev–Trinajstić information content (AvgIpc) is 2.86. The third-order valence-corrected chi connectivity index (χ3v) is 5.44. The number of guanidine groups is 1. The fraction of sp³-hybridized carbons (Fsp3) is 0.360. The zero-order valence-electron chi connectivity index (χ0n) is 20.0. The molecule has 0 saturated heterocycles. The van der Waals surface area contributed by atoms with Gasteiger partial charge in [0.05, 0.1) is 12.1 Å². The van der Waals surface area contributed by atoms with Crippen LogP contribution >= 0.6 is 0 Å². The monoisotopic (exact) mass is 497 g/mol. The van der Waals surface area contributed by atoms with E-state index < -0.39 is 23.4 Å². The third-order valence-electron chi connectivity index (χ3n) is 5.44. The number of carboxylic acids is 1. The van der Waals surface area contributed by atoms with Crippen LogP contribution in [0.25, 0.3) is 0 Å². The second-order valence-electron chi connectivity index (χ2n) is 8.38. The Kier molecular flexibility index (Phi) is 9.09. The molecule has 1 heterocycles. The van der Waals surface area contributed by atoms with Crippen LogP contribution in [0.3, 0.4) is 0 Å². The normalized spacial score (nSPS) is 14.4. The molecule has 3 rings (SSSR count). The molecule has 0 bridgehead atoms. The standard InChI is InChI=1S/C25H31N5O6/c1-25(23(34)35,29-21(32)11-8-17-6-3-2-4-7-17)30-22(33)19-10-9-18(16-20(19)31)36-15-14-28-24-26-12-5-13-27-24/h2-4,6-7,9-10,16,31H,5,8,11-15H2,1H3,(H,29,32)(H,30,33)(H,34,35)(H2,26,27,28). The van der Waals surface area contributed by atoms with Crippen molar-refractivity contribution >= 4 is 23.7 Å². The number of carbonyl (C=O) groups is 3. The zero-order chi connectivity index (χ0) is 26.0. The highest BCUT2D eigenvalue weighted by Crippen LogP contribution is 2.24. The average molecular weight is 498 g/mol. The number of aliphatic carboxylic acids is 1. The van der Waals surface area contributed by atoms with Gasteiger partial charge in [0.15, 0.2) is 5.96 Å². The number of carbonyl (C=O) groups excluding carboxylic acids is 2. The molecular weight excluding hydrogens is 466 g/mol. The number of phenols is 1. The minimum Gasteiger partial charge on any atom is -0.507 e. The van der Waals surface area contributed by atoms with Gasteiger partial charge >= 0.3 is 5.97 Å². The number of aliphatic imine (C=N–C) groups is 1. The molecule has 0 saturated carbocycles. The lowest BCUT2D eigenvalue weighted by Crippen LogP contribution is -2.63. The zero-order valence-corrected chi connectivity index (χ0v) is 20.0. The van der Waals surface area contributed by atoms with Crippen molar-refractivity contribution in [2.24, 2.45) is 4.99 Å². The summed E-state index contributed by atoms with van der Waals surface area (Å²) in [5.41, 5.74) is -1.31. The van der Waals surface area contributed by atoms with Crippen molar-refractivity contribution in [2.45, 2.75) is 31.8 Å². The molecule has 0 aromatic heterocycles. The summed E-state index contributed by atoms with van der Waals surface area (Å²) < 4.78 is 5.58. The van der Waals surface area contributed by atoms with Crippen LogP contribution in [0.1, 0.15) is 35.7 Å². The fourth-order valence-corrected chi connectivity index (χ4v) is 3.46. The van der Waals surface area contributed by atoms with Crippen molar-refractivity contribution in [2.75, 3.05) is 26.2 Å². The van der Waals surface area contributed by atoms with Crippen molar-refractivity contribution < 1.29 is 29.3 Å². The molecule has 1 aliphatic rings. The maximum absolute atomic E-state index is 12.7. The fourth-order valence-electron chi connectivity index (χ4n) is 3.46.